The van der Waals surface area contributed by atoms with Crippen molar-refractivity contribution < 1.29 is 19.1 Å². The minimum atomic E-state index is -0.492. The second kappa shape index (κ2) is 8.26. The molecular formula is C17H17BrN2O4S. The smallest absolute Gasteiger partial charge is 0.325 e. The number of hydrogen-bond acceptors (Lipinski definition) is 5. The predicted molar refractivity (Wildman–Crippen MR) is 102 cm³/mol. The molecule has 2 rings (SSSR count). The van der Waals surface area contributed by atoms with Crippen molar-refractivity contribution in [1.82, 2.24) is 9.80 Å². The largest absolute Gasteiger partial charge is 0.489 e. The molecule has 8 heteroatoms. The number of esters is 1. The zero-order valence-corrected chi connectivity index (χ0v) is 16.2. The Morgan fingerprint density at radius 3 is 2.80 bits per heavy atom. The topological polar surface area (TPSA) is 59.1 Å². The molecule has 0 bridgehead atoms. The van der Waals surface area contributed by atoms with E-state index in [1.807, 2.05) is 12.1 Å². The highest BCUT2D eigenvalue weighted by atomic mass is 79.9. The molecule has 25 heavy (non-hydrogen) atoms. The zero-order valence-electron chi connectivity index (χ0n) is 13.8. The van der Waals surface area contributed by atoms with E-state index in [0.29, 0.717) is 17.9 Å². The number of carbonyl (C=O) groups is 2. The quantitative estimate of drug-likeness (QED) is 0.302. The van der Waals surface area contributed by atoms with Crippen molar-refractivity contribution in [3.05, 3.63) is 46.6 Å². The third-order valence-electron chi connectivity index (χ3n) is 3.47. The Kier molecular flexibility index (Phi) is 6.33. The molecule has 1 aromatic rings. The molecule has 1 heterocycles. The maximum atomic E-state index is 12.5. The number of nitrogens with zero attached hydrogens (tertiary/aromatic N) is 2. The summed E-state index contributed by atoms with van der Waals surface area (Å²) in [4.78, 5) is 26.9. The van der Waals surface area contributed by atoms with Crippen LogP contribution in [0, 0.1) is 0 Å². The van der Waals surface area contributed by atoms with Crippen LogP contribution in [0.25, 0.3) is 6.08 Å². The maximum Gasteiger partial charge on any atom is 0.325 e. The van der Waals surface area contributed by atoms with Crippen LogP contribution in [0.3, 0.4) is 0 Å². The first kappa shape index (κ1) is 19.1. The molecule has 1 saturated heterocycles. The van der Waals surface area contributed by atoms with Crippen LogP contribution >= 0.6 is 28.1 Å². The Hall–Kier alpha value is -2.19. The highest BCUT2D eigenvalue weighted by molar-refractivity contribution is 9.10. The number of benzene rings is 1. The Morgan fingerprint density at radius 2 is 2.16 bits per heavy atom. The number of halogens is 1. The molecule has 6 nitrogen and oxygen atoms in total. The number of rotatable bonds is 6. The summed E-state index contributed by atoms with van der Waals surface area (Å²) in [5, 5.41) is 0.241. The molecule has 1 aliphatic rings. The second-order valence-electron chi connectivity index (χ2n) is 5.12. The van der Waals surface area contributed by atoms with Gasteiger partial charge in [-0.15, -0.1) is 0 Å². The van der Waals surface area contributed by atoms with E-state index in [9.17, 15) is 9.59 Å². The summed E-state index contributed by atoms with van der Waals surface area (Å²) < 4.78 is 11.1. The van der Waals surface area contributed by atoms with Crippen LogP contribution in [0.2, 0.25) is 0 Å². The van der Waals surface area contributed by atoms with E-state index in [-0.39, 0.29) is 23.3 Å². The molecule has 132 valence electrons. The zero-order chi connectivity index (χ0) is 18.6. The average Bonchev–Trinajstić information content (AvgIpc) is 2.79. The minimum Gasteiger partial charge on any atom is -0.489 e. The molecule has 0 aromatic heterocycles. The number of likely N-dealkylation sites (N-methyl/N-ethyl adjacent to an activating group) is 1. The Balaban J connectivity index is 2.47. The lowest BCUT2D eigenvalue weighted by Gasteiger charge is -2.17. The first-order chi connectivity index (χ1) is 11.9. The van der Waals surface area contributed by atoms with Crippen molar-refractivity contribution in [3.8, 4) is 5.75 Å². The van der Waals surface area contributed by atoms with Crippen molar-refractivity contribution in [2.45, 2.75) is 0 Å². The molecule has 1 amide bonds. The Morgan fingerprint density at radius 1 is 1.44 bits per heavy atom. The fraction of sp³-hybridized carbons (Fsp3) is 0.235. The van der Waals surface area contributed by atoms with Gasteiger partial charge in [0.2, 0.25) is 0 Å². The first-order valence-electron chi connectivity index (χ1n) is 7.30. The van der Waals surface area contributed by atoms with Gasteiger partial charge in [0.15, 0.2) is 5.11 Å². The molecule has 0 aliphatic carbocycles. The molecule has 1 fully saturated rings. The molecule has 0 radical (unpaired) electrons. The summed E-state index contributed by atoms with van der Waals surface area (Å²) in [6.07, 6.45) is 3.27. The molecular weight excluding hydrogens is 408 g/mol. The lowest BCUT2D eigenvalue weighted by molar-refractivity contribution is -0.140. The van der Waals surface area contributed by atoms with Gasteiger partial charge in [-0.05, 0) is 36.5 Å². The van der Waals surface area contributed by atoms with E-state index in [4.69, 9.17) is 17.0 Å². The third-order valence-corrected chi connectivity index (χ3v) is 4.46. The number of methoxy groups -OCH3 is 1. The fourth-order valence-electron chi connectivity index (χ4n) is 2.20. The SMILES string of the molecule is C=CCOc1ccc(Br)cc1C=C1C(=O)N(C)C(=S)N1CC(=O)OC. The lowest BCUT2D eigenvalue weighted by Crippen LogP contribution is -2.33. The third kappa shape index (κ3) is 4.26. The molecule has 1 aromatic carbocycles. The fourth-order valence-corrected chi connectivity index (χ4v) is 2.83. The van der Waals surface area contributed by atoms with E-state index >= 15 is 0 Å². The van der Waals surface area contributed by atoms with Gasteiger partial charge in [-0.1, -0.05) is 28.6 Å². The summed E-state index contributed by atoms with van der Waals surface area (Å²) in [7, 11) is 2.84. The summed E-state index contributed by atoms with van der Waals surface area (Å²) in [5.41, 5.74) is 0.951. The van der Waals surface area contributed by atoms with Gasteiger partial charge < -0.3 is 14.4 Å². The van der Waals surface area contributed by atoms with Crippen LogP contribution in [-0.4, -0.2) is 54.1 Å². The van der Waals surface area contributed by atoms with E-state index in [0.717, 1.165) is 4.47 Å². The number of carbonyl (C=O) groups excluding carboxylic acids is 2. The predicted octanol–water partition coefficient (Wildman–Crippen LogP) is 2.59. The number of hydrogen-bond donors (Lipinski definition) is 0. The number of amides is 1. The van der Waals surface area contributed by atoms with Crippen molar-refractivity contribution in [3.63, 3.8) is 0 Å². The second-order valence-corrected chi connectivity index (χ2v) is 6.40. The molecule has 1 aliphatic heterocycles. The van der Waals surface area contributed by atoms with Gasteiger partial charge >= 0.3 is 5.97 Å². The molecule has 0 unspecified atom stereocenters. The van der Waals surface area contributed by atoms with Gasteiger partial charge in [0.25, 0.3) is 5.91 Å². The highest BCUT2D eigenvalue weighted by Crippen LogP contribution is 2.29. The molecule has 0 saturated carbocycles. The Labute approximate surface area is 159 Å². The highest BCUT2D eigenvalue weighted by Gasteiger charge is 2.36. The first-order valence-corrected chi connectivity index (χ1v) is 8.50. The summed E-state index contributed by atoms with van der Waals surface area (Å²) in [6.45, 7) is 3.81. The van der Waals surface area contributed by atoms with E-state index in [2.05, 4.69) is 27.2 Å². The summed E-state index contributed by atoms with van der Waals surface area (Å²) >= 11 is 8.66. The minimum absolute atomic E-state index is 0.145. The van der Waals surface area contributed by atoms with Crippen LogP contribution in [0.1, 0.15) is 5.56 Å². The van der Waals surface area contributed by atoms with E-state index < -0.39 is 5.97 Å². The van der Waals surface area contributed by atoms with Crippen molar-refractivity contribution in [1.29, 1.82) is 0 Å². The van der Waals surface area contributed by atoms with Gasteiger partial charge in [-0.3, -0.25) is 14.5 Å². The molecule has 0 atom stereocenters. The van der Waals surface area contributed by atoms with Gasteiger partial charge in [-0.2, -0.15) is 0 Å². The van der Waals surface area contributed by atoms with Crippen molar-refractivity contribution in [2.75, 3.05) is 27.3 Å². The molecule has 0 spiro atoms. The Bertz CT molecular complexity index is 763. The molecule has 0 N–H and O–H groups in total. The summed E-state index contributed by atoms with van der Waals surface area (Å²) in [5.74, 6) is -0.209. The van der Waals surface area contributed by atoms with Crippen LogP contribution in [0.15, 0.2) is 41.0 Å². The van der Waals surface area contributed by atoms with E-state index in [1.54, 1.807) is 25.3 Å². The average molecular weight is 425 g/mol. The lowest BCUT2D eigenvalue weighted by atomic mass is 10.1. The van der Waals surface area contributed by atoms with Crippen molar-refractivity contribution >= 4 is 51.2 Å². The van der Waals surface area contributed by atoms with E-state index in [1.165, 1.54) is 16.9 Å². The summed E-state index contributed by atoms with van der Waals surface area (Å²) in [6, 6.07) is 5.43. The van der Waals surface area contributed by atoms with Crippen LogP contribution < -0.4 is 4.74 Å². The number of thiocarbonyl (C=S) groups is 1. The van der Waals surface area contributed by atoms with Gasteiger partial charge in [-0.25, -0.2) is 0 Å². The van der Waals surface area contributed by atoms with Crippen LogP contribution in [-0.2, 0) is 14.3 Å². The monoisotopic (exact) mass is 424 g/mol. The maximum absolute atomic E-state index is 12.5. The van der Waals surface area contributed by atoms with Crippen molar-refractivity contribution in [2.24, 2.45) is 0 Å². The standard InChI is InChI=1S/C17H17BrN2O4S/c1-4-7-24-14-6-5-12(18)8-11(14)9-13-16(22)19(2)17(25)20(13)10-15(21)23-3/h4-6,8-9H,1,7,10H2,2-3H3. The van der Waals surface area contributed by atoms with Gasteiger partial charge in [0.05, 0.1) is 7.11 Å². The van der Waals surface area contributed by atoms with Crippen LogP contribution in [0.4, 0.5) is 0 Å². The number of ether oxygens (including phenoxy) is 2. The normalized spacial score (nSPS) is 15.7. The van der Waals surface area contributed by atoms with Gasteiger partial charge in [0.1, 0.15) is 24.6 Å². The van der Waals surface area contributed by atoms with Crippen LogP contribution in [0.5, 0.6) is 5.75 Å². The van der Waals surface area contributed by atoms with Gasteiger partial charge in [0, 0.05) is 17.1 Å².